The van der Waals surface area contributed by atoms with Crippen LogP contribution in [-0.4, -0.2) is 38.9 Å². The monoisotopic (exact) mass is 282 g/mol. The normalized spacial score (nSPS) is 16.3. The van der Waals surface area contributed by atoms with Gasteiger partial charge in [0.25, 0.3) is 0 Å². The summed E-state index contributed by atoms with van der Waals surface area (Å²) in [6.45, 7) is 6.66. The minimum Gasteiger partial charge on any atom is -0.370 e. The number of rotatable bonds is 5. The first-order valence-corrected chi connectivity index (χ1v) is 8.39. The second kappa shape index (κ2) is 5.92. The zero-order valence-corrected chi connectivity index (χ0v) is 12.5. The van der Waals surface area contributed by atoms with Crippen LogP contribution in [0.15, 0.2) is 29.2 Å². The molecule has 0 bridgehead atoms. The maximum Gasteiger partial charge on any atom is 0.245 e. The Morgan fingerprint density at radius 2 is 1.68 bits per heavy atom. The van der Waals surface area contributed by atoms with E-state index in [0.717, 1.165) is 31.6 Å². The summed E-state index contributed by atoms with van der Waals surface area (Å²) in [5.41, 5.74) is 0.854. The van der Waals surface area contributed by atoms with Crippen molar-refractivity contribution in [2.24, 2.45) is 0 Å². The maximum atomic E-state index is 12.7. The predicted molar refractivity (Wildman–Crippen MR) is 78.0 cm³/mol. The molecule has 0 unspecified atom stereocenters. The van der Waals surface area contributed by atoms with Gasteiger partial charge in [-0.25, -0.2) is 8.42 Å². The van der Waals surface area contributed by atoms with E-state index < -0.39 is 10.0 Å². The van der Waals surface area contributed by atoms with Crippen molar-refractivity contribution in [3.63, 3.8) is 0 Å². The smallest absolute Gasteiger partial charge is 0.245 e. The molecule has 1 heterocycles. The van der Waals surface area contributed by atoms with E-state index in [2.05, 4.69) is 4.90 Å². The van der Waals surface area contributed by atoms with E-state index in [1.165, 1.54) is 4.31 Å². The average Bonchev–Trinajstić information content (AvgIpc) is 2.93. The highest BCUT2D eigenvalue weighted by Gasteiger charge is 2.27. The molecule has 0 amide bonds. The first-order valence-electron chi connectivity index (χ1n) is 6.95. The Morgan fingerprint density at radius 3 is 2.26 bits per heavy atom. The van der Waals surface area contributed by atoms with Gasteiger partial charge in [0.15, 0.2) is 0 Å². The van der Waals surface area contributed by atoms with E-state index in [1.807, 2.05) is 26.0 Å². The number of hydrogen-bond donors (Lipinski definition) is 0. The zero-order chi connectivity index (χ0) is 13.9. The summed E-state index contributed by atoms with van der Waals surface area (Å²) < 4.78 is 26.9. The fourth-order valence-corrected chi connectivity index (χ4v) is 4.27. The first-order chi connectivity index (χ1) is 9.11. The van der Waals surface area contributed by atoms with Crippen LogP contribution < -0.4 is 4.90 Å². The van der Waals surface area contributed by atoms with Gasteiger partial charge in [0.1, 0.15) is 4.90 Å². The van der Waals surface area contributed by atoms with Gasteiger partial charge in [-0.2, -0.15) is 4.31 Å². The molecule has 2 rings (SSSR count). The third-order valence-electron chi connectivity index (χ3n) is 3.64. The lowest BCUT2D eigenvalue weighted by Gasteiger charge is -2.25. The van der Waals surface area contributed by atoms with Crippen LogP contribution in [0.4, 0.5) is 5.69 Å². The Kier molecular flexibility index (Phi) is 4.47. The van der Waals surface area contributed by atoms with Gasteiger partial charge in [0.05, 0.1) is 5.69 Å². The van der Waals surface area contributed by atoms with E-state index >= 15 is 0 Å². The van der Waals surface area contributed by atoms with Gasteiger partial charge < -0.3 is 4.90 Å². The van der Waals surface area contributed by atoms with E-state index in [9.17, 15) is 8.42 Å². The molecule has 0 atom stereocenters. The average molecular weight is 282 g/mol. The molecule has 1 saturated heterocycles. The van der Waals surface area contributed by atoms with Crippen LogP contribution in [0.2, 0.25) is 0 Å². The number of para-hydroxylation sites is 1. The van der Waals surface area contributed by atoms with Crippen LogP contribution in [0.1, 0.15) is 26.7 Å². The molecule has 19 heavy (non-hydrogen) atoms. The largest absolute Gasteiger partial charge is 0.370 e. The van der Waals surface area contributed by atoms with Crippen molar-refractivity contribution < 1.29 is 8.42 Å². The highest BCUT2D eigenvalue weighted by molar-refractivity contribution is 7.89. The molecule has 0 saturated carbocycles. The van der Waals surface area contributed by atoms with E-state index in [-0.39, 0.29) is 0 Å². The topological polar surface area (TPSA) is 40.6 Å². The van der Waals surface area contributed by atoms with Gasteiger partial charge >= 0.3 is 0 Å². The number of sulfonamides is 1. The van der Waals surface area contributed by atoms with Crippen LogP contribution >= 0.6 is 0 Å². The third kappa shape index (κ3) is 2.77. The molecular formula is C14H22N2O2S. The summed E-state index contributed by atoms with van der Waals surface area (Å²) in [6.07, 6.45) is 2.28. The van der Waals surface area contributed by atoms with Crippen molar-refractivity contribution in [1.29, 1.82) is 0 Å². The van der Waals surface area contributed by atoms with Gasteiger partial charge in [-0.1, -0.05) is 26.0 Å². The second-order valence-electron chi connectivity index (χ2n) is 4.75. The van der Waals surface area contributed by atoms with E-state index in [4.69, 9.17) is 0 Å². The van der Waals surface area contributed by atoms with Crippen molar-refractivity contribution in [2.45, 2.75) is 31.6 Å². The second-order valence-corrected chi connectivity index (χ2v) is 6.66. The van der Waals surface area contributed by atoms with Gasteiger partial charge in [-0.05, 0) is 25.0 Å². The van der Waals surface area contributed by atoms with Crippen molar-refractivity contribution in [3.8, 4) is 0 Å². The summed E-state index contributed by atoms with van der Waals surface area (Å²) in [5.74, 6) is 0. The molecule has 0 spiro atoms. The van der Waals surface area contributed by atoms with E-state index in [1.54, 1.807) is 12.1 Å². The lowest BCUT2D eigenvalue weighted by molar-refractivity contribution is 0.445. The quantitative estimate of drug-likeness (QED) is 0.832. The third-order valence-corrected chi connectivity index (χ3v) is 5.73. The summed E-state index contributed by atoms with van der Waals surface area (Å²) in [5, 5.41) is 0. The van der Waals surface area contributed by atoms with Crippen molar-refractivity contribution in [3.05, 3.63) is 24.3 Å². The van der Waals surface area contributed by atoms with Crippen molar-refractivity contribution in [2.75, 3.05) is 31.1 Å². The Morgan fingerprint density at radius 1 is 1.11 bits per heavy atom. The Balaban J connectivity index is 2.44. The lowest BCUT2D eigenvalue weighted by atomic mass is 10.3. The lowest BCUT2D eigenvalue weighted by Crippen LogP contribution is -2.32. The molecule has 1 aromatic rings. The molecule has 5 heteroatoms. The van der Waals surface area contributed by atoms with Crippen LogP contribution in [0, 0.1) is 0 Å². The molecule has 0 aromatic heterocycles. The summed E-state index contributed by atoms with van der Waals surface area (Å²) in [4.78, 5) is 2.62. The van der Waals surface area contributed by atoms with Gasteiger partial charge in [0.2, 0.25) is 10.0 Å². The molecule has 106 valence electrons. The molecule has 0 radical (unpaired) electrons. The van der Waals surface area contributed by atoms with Gasteiger partial charge in [-0.15, -0.1) is 0 Å². The fourth-order valence-electron chi connectivity index (χ4n) is 2.60. The standard InChI is InChI=1S/C14H22N2O2S/c1-3-16(4-2)19(17,18)14-10-6-5-9-13(14)15-11-7-8-12-15/h5-6,9-10H,3-4,7-8,11-12H2,1-2H3. The molecule has 1 aromatic carbocycles. The first kappa shape index (κ1) is 14.3. The number of benzene rings is 1. The molecule has 1 aliphatic rings. The summed E-state index contributed by atoms with van der Waals surface area (Å²) in [7, 11) is -3.38. The summed E-state index contributed by atoms with van der Waals surface area (Å²) in [6, 6.07) is 7.36. The zero-order valence-electron chi connectivity index (χ0n) is 11.7. The highest BCUT2D eigenvalue weighted by Crippen LogP contribution is 2.29. The molecule has 1 fully saturated rings. The number of nitrogens with zero attached hydrogens (tertiary/aromatic N) is 2. The van der Waals surface area contributed by atoms with E-state index in [0.29, 0.717) is 18.0 Å². The minimum atomic E-state index is -3.38. The summed E-state index contributed by atoms with van der Waals surface area (Å²) >= 11 is 0. The van der Waals surface area contributed by atoms with Crippen LogP contribution in [0.3, 0.4) is 0 Å². The molecule has 0 aliphatic carbocycles. The number of anilines is 1. The Bertz CT molecular complexity index is 518. The van der Waals surface area contributed by atoms with Crippen molar-refractivity contribution >= 4 is 15.7 Å². The van der Waals surface area contributed by atoms with Crippen molar-refractivity contribution in [1.82, 2.24) is 4.31 Å². The van der Waals surface area contributed by atoms with Gasteiger partial charge in [-0.3, -0.25) is 0 Å². The fraction of sp³-hybridized carbons (Fsp3) is 0.571. The SMILES string of the molecule is CCN(CC)S(=O)(=O)c1ccccc1N1CCCC1. The Labute approximate surface area is 116 Å². The molecule has 4 nitrogen and oxygen atoms in total. The highest BCUT2D eigenvalue weighted by atomic mass is 32.2. The number of hydrogen-bond acceptors (Lipinski definition) is 3. The van der Waals surface area contributed by atoms with Gasteiger partial charge in [0, 0.05) is 26.2 Å². The predicted octanol–water partition coefficient (Wildman–Crippen LogP) is 2.32. The molecule has 0 N–H and O–H groups in total. The minimum absolute atomic E-state index is 0.445. The Hall–Kier alpha value is -1.07. The maximum absolute atomic E-state index is 12.7. The van der Waals surface area contributed by atoms with Crippen LogP contribution in [0.25, 0.3) is 0 Å². The van der Waals surface area contributed by atoms with Crippen LogP contribution in [0.5, 0.6) is 0 Å². The molecule has 1 aliphatic heterocycles. The van der Waals surface area contributed by atoms with Crippen LogP contribution in [-0.2, 0) is 10.0 Å². The molecular weight excluding hydrogens is 260 g/mol.